The van der Waals surface area contributed by atoms with Crippen LogP contribution in [0.3, 0.4) is 0 Å². The molecule has 0 bridgehead atoms. The monoisotopic (exact) mass is 404 g/mol. The third-order valence-electron chi connectivity index (χ3n) is 6.52. The number of piperidine rings is 1. The van der Waals surface area contributed by atoms with Gasteiger partial charge in [-0.25, -0.2) is 4.98 Å². The van der Waals surface area contributed by atoms with E-state index >= 15 is 0 Å². The van der Waals surface area contributed by atoms with Crippen molar-refractivity contribution < 1.29 is 4.74 Å². The number of aryl methyl sites for hydroxylation is 1. The van der Waals surface area contributed by atoms with Crippen LogP contribution in [-0.2, 0) is 6.42 Å². The molecule has 2 aliphatic rings. The van der Waals surface area contributed by atoms with E-state index in [0.717, 1.165) is 49.2 Å². The fourth-order valence-electron chi connectivity index (χ4n) is 4.56. The molecule has 0 radical (unpaired) electrons. The quantitative estimate of drug-likeness (QED) is 0.648. The van der Waals surface area contributed by atoms with Crippen molar-refractivity contribution in [3.05, 3.63) is 58.9 Å². The maximum Gasteiger partial charge on any atom is 0.266 e. The van der Waals surface area contributed by atoms with Crippen LogP contribution in [0.5, 0.6) is 5.75 Å². The zero-order chi connectivity index (χ0) is 20.5. The lowest BCUT2D eigenvalue weighted by Gasteiger charge is -2.41. The van der Waals surface area contributed by atoms with Gasteiger partial charge in [0, 0.05) is 31.7 Å². The van der Waals surface area contributed by atoms with Crippen LogP contribution < -0.4 is 10.3 Å². The standard InChI is InChI=1S/C24H28N4O2/c1-2-23-26-22-16-25-13-10-21(22)24(29)28(23)18-6-8-19(9-7-18)30-20-11-14-27(15-12-20)17-4-3-5-17/h6-10,13,16-17,20H,2-5,11-12,14-15H2,1H3. The van der Waals surface area contributed by atoms with Crippen LogP contribution in [0.1, 0.15) is 44.9 Å². The fraction of sp³-hybridized carbons (Fsp3) is 0.458. The Hall–Kier alpha value is -2.73. The molecule has 0 amide bonds. The predicted molar refractivity (Wildman–Crippen MR) is 117 cm³/mol. The Bertz CT molecular complexity index is 1080. The van der Waals surface area contributed by atoms with Gasteiger partial charge in [-0.15, -0.1) is 0 Å². The van der Waals surface area contributed by atoms with E-state index in [1.165, 1.54) is 19.3 Å². The van der Waals surface area contributed by atoms with E-state index in [1.54, 1.807) is 23.0 Å². The summed E-state index contributed by atoms with van der Waals surface area (Å²) in [7, 11) is 0. The first-order valence-corrected chi connectivity index (χ1v) is 11.1. The number of rotatable bonds is 5. The summed E-state index contributed by atoms with van der Waals surface area (Å²) in [4.78, 5) is 24.5. The summed E-state index contributed by atoms with van der Waals surface area (Å²) in [5.74, 6) is 1.60. The molecule has 3 aromatic rings. The lowest BCUT2D eigenvalue weighted by Crippen LogP contribution is -2.46. The van der Waals surface area contributed by atoms with E-state index in [4.69, 9.17) is 4.74 Å². The molecule has 0 N–H and O–H groups in total. The highest BCUT2D eigenvalue weighted by atomic mass is 16.5. The molecule has 1 aliphatic carbocycles. The van der Waals surface area contributed by atoms with Crippen LogP contribution >= 0.6 is 0 Å². The zero-order valence-corrected chi connectivity index (χ0v) is 17.5. The highest BCUT2D eigenvalue weighted by Crippen LogP contribution is 2.28. The predicted octanol–water partition coefficient (Wildman–Crippen LogP) is 3.74. The zero-order valence-electron chi connectivity index (χ0n) is 17.5. The first-order valence-electron chi connectivity index (χ1n) is 11.1. The summed E-state index contributed by atoms with van der Waals surface area (Å²) in [6.07, 6.45) is 10.5. The summed E-state index contributed by atoms with van der Waals surface area (Å²) < 4.78 is 7.94. The molecule has 2 fully saturated rings. The maximum atomic E-state index is 13.1. The molecule has 6 nitrogen and oxygen atoms in total. The van der Waals surface area contributed by atoms with E-state index in [1.807, 2.05) is 31.2 Å². The number of ether oxygens (including phenoxy) is 1. The summed E-state index contributed by atoms with van der Waals surface area (Å²) >= 11 is 0. The largest absolute Gasteiger partial charge is 0.490 e. The van der Waals surface area contributed by atoms with Crippen molar-refractivity contribution in [1.82, 2.24) is 19.4 Å². The van der Waals surface area contributed by atoms with Crippen molar-refractivity contribution in [3.63, 3.8) is 0 Å². The van der Waals surface area contributed by atoms with Crippen LogP contribution in [0.25, 0.3) is 16.6 Å². The van der Waals surface area contributed by atoms with E-state index in [9.17, 15) is 4.79 Å². The van der Waals surface area contributed by atoms with E-state index in [-0.39, 0.29) is 11.7 Å². The molecule has 5 rings (SSSR count). The lowest BCUT2D eigenvalue weighted by molar-refractivity contribution is 0.0493. The van der Waals surface area contributed by atoms with Gasteiger partial charge in [0.1, 0.15) is 17.7 Å². The Kier molecular flexibility index (Phi) is 5.25. The molecule has 3 heterocycles. The Morgan fingerprint density at radius 1 is 1.07 bits per heavy atom. The second-order valence-electron chi connectivity index (χ2n) is 8.35. The van der Waals surface area contributed by atoms with Gasteiger partial charge in [0.05, 0.1) is 22.8 Å². The molecule has 1 aromatic carbocycles. The molecule has 6 heteroatoms. The lowest BCUT2D eigenvalue weighted by atomic mass is 9.90. The normalized spacial score (nSPS) is 18.4. The van der Waals surface area contributed by atoms with Crippen LogP contribution in [0.2, 0.25) is 0 Å². The second kappa shape index (κ2) is 8.19. The van der Waals surface area contributed by atoms with Gasteiger partial charge in [0.25, 0.3) is 5.56 Å². The van der Waals surface area contributed by atoms with Gasteiger partial charge >= 0.3 is 0 Å². The van der Waals surface area contributed by atoms with Crippen molar-refractivity contribution in [2.75, 3.05) is 13.1 Å². The van der Waals surface area contributed by atoms with Crippen molar-refractivity contribution in [2.45, 2.75) is 57.6 Å². The van der Waals surface area contributed by atoms with Gasteiger partial charge in [0.15, 0.2) is 0 Å². The van der Waals surface area contributed by atoms with Crippen molar-refractivity contribution in [1.29, 1.82) is 0 Å². The van der Waals surface area contributed by atoms with Gasteiger partial charge < -0.3 is 9.64 Å². The maximum absolute atomic E-state index is 13.1. The van der Waals surface area contributed by atoms with Gasteiger partial charge in [-0.3, -0.25) is 14.3 Å². The summed E-state index contributed by atoms with van der Waals surface area (Å²) in [6.45, 7) is 4.29. The Labute approximate surface area is 176 Å². The van der Waals surface area contributed by atoms with Crippen molar-refractivity contribution in [3.8, 4) is 11.4 Å². The number of benzene rings is 1. The third-order valence-corrected chi connectivity index (χ3v) is 6.52. The van der Waals surface area contributed by atoms with Crippen molar-refractivity contribution in [2.24, 2.45) is 0 Å². The molecule has 2 aromatic heterocycles. The molecule has 156 valence electrons. The number of likely N-dealkylation sites (tertiary alicyclic amines) is 1. The fourth-order valence-corrected chi connectivity index (χ4v) is 4.56. The molecule has 1 aliphatic heterocycles. The molecular weight excluding hydrogens is 376 g/mol. The summed E-state index contributed by atoms with van der Waals surface area (Å²) in [5, 5.41) is 0.584. The van der Waals surface area contributed by atoms with Crippen LogP contribution in [0.15, 0.2) is 47.5 Å². The highest BCUT2D eigenvalue weighted by molar-refractivity contribution is 5.76. The second-order valence-corrected chi connectivity index (χ2v) is 8.35. The average Bonchev–Trinajstić information content (AvgIpc) is 2.74. The van der Waals surface area contributed by atoms with E-state index < -0.39 is 0 Å². The molecule has 0 atom stereocenters. The number of hydrogen-bond donors (Lipinski definition) is 0. The van der Waals surface area contributed by atoms with Crippen LogP contribution in [-0.4, -0.2) is 44.7 Å². The Balaban J connectivity index is 1.33. The number of pyridine rings is 1. The summed E-state index contributed by atoms with van der Waals surface area (Å²) in [6, 6.07) is 10.4. The summed E-state index contributed by atoms with van der Waals surface area (Å²) in [5.41, 5.74) is 1.40. The number of aromatic nitrogens is 3. The number of nitrogens with zero attached hydrogens (tertiary/aromatic N) is 4. The van der Waals surface area contributed by atoms with Gasteiger partial charge in [-0.05, 0) is 56.0 Å². The van der Waals surface area contributed by atoms with Crippen LogP contribution in [0, 0.1) is 0 Å². The molecule has 30 heavy (non-hydrogen) atoms. The topological polar surface area (TPSA) is 60.3 Å². The number of fused-ring (bicyclic) bond motifs is 1. The molecule has 1 saturated carbocycles. The van der Waals surface area contributed by atoms with E-state index in [0.29, 0.717) is 17.3 Å². The molecule has 1 saturated heterocycles. The number of hydrogen-bond acceptors (Lipinski definition) is 5. The SMILES string of the molecule is CCc1nc2cnccc2c(=O)n1-c1ccc(OC2CCN(C3CCC3)CC2)cc1. The van der Waals surface area contributed by atoms with Gasteiger partial charge in [-0.1, -0.05) is 13.3 Å². The average molecular weight is 405 g/mol. The molecular formula is C24H28N4O2. The van der Waals surface area contributed by atoms with Gasteiger partial charge in [-0.2, -0.15) is 0 Å². The first kappa shape index (κ1) is 19.2. The van der Waals surface area contributed by atoms with Crippen molar-refractivity contribution >= 4 is 10.9 Å². The third kappa shape index (κ3) is 3.60. The minimum atomic E-state index is -0.0590. The Morgan fingerprint density at radius 2 is 1.83 bits per heavy atom. The smallest absolute Gasteiger partial charge is 0.266 e. The Morgan fingerprint density at radius 3 is 2.50 bits per heavy atom. The molecule has 0 unspecified atom stereocenters. The van der Waals surface area contributed by atoms with E-state index in [2.05, 4.69) is 14.9 Å². The first-order chi connectivity index (χ1) is 14.7. The molecule has 0 spiro atoms. The van der Waals surface area contributed by atoms with Gasteiger partial charge in [0.2, 0.25) is 0 Å². The minimum Gasteiger partial charge on any atom is -0.490 e. The van der Waals surface area contributed by atoms with Crippen LogP contribution in [0.4, 0.5) is 0 Å². The minimum absolute atomic E-state index is 0.0590. The highest BCUT2D eigenvalue weighted by Gasteiger charge is 2.29.